The van der Waals surface area contributed by atoms with E-state index in [9.17, 15) is 14.4 Å². The lowest BCUT2D eigenvalue weighted by molar-refractivity contribution is -0.154. The number of fused-ring (bicyclic) bond motifs is 3. The largest absolute Gasteiger partial charge is 0.312 e. The minimum atomic E-state index is -2.45. The lowest BCUT2D eigenvalue weighted by Crippen LogP contribution is -2.60. The molecule has 1 unspecified atom stereocenters. The first-order valence-corrected chi connectivity index (χ1v) is 7.70. The van der Waals surface area contributed by atoms with Gasteiger partial charge in [0.25, 0.3) is 17.6 Å². The Balaban J connectivity index is 1.73. The highest BCUT2D eigenvalue weighted by Crippen LogP contribution is 2.37. The molecule has 2 N–H and O–H groups in total. The first kappa shape index (κ1) is 14.3. The fraction of sp³-hybridized carbons (Fsp3) is 0.438. The third-order valence-electron chi connectivity index (χ3n) is 4.86. The standard InChI is InChI=1S/C16H16FN3O3/c17-16(5-3-12(21)19-15(16)23)20-8-10-2-1-9-7-18-6-4-11(9)13(10)14(20)22/h1-2,18H,3-8H2,(H,19,21,23). The number of benzene rings is 1. The number of hydrogen-bond acceptors (Lipinski definition) is 4. The van der Waals surface area contributed by atoms with Crippen molar-refractivity contribution < 1.29 is 18.8 Å². The molecule has 3 aliphatic heterocycles. The minimum absolute atomic E-state index is 0.0625. The highest BCUT2D eigenvalue weighted by atomic mass is 19.1. The molecule has 7 heteroatoms. The number of alkyl halides is 1. The summed E-state index contributed by atoms with van der Waals surface area (Å²) in [5.41, 5.74) is 3.27. The van der Waals surface area contributed by atoms with E-state index in [4.69, 9.17) is 0 Å². The topological polar surface area (TPSA) is 78.5 Å². The molecule has 6 nitrogen and oxygen atoms in total. The van der Waals surface area contributed by atoms with Crippen molar-refractivity contribution in [3.63, 3.8) is 0 Å². The van der Waals surface area contributed by atoms with Crippen LogP contribution in [-0.2, 0) is 29.1 Å². The average molecular weight is 317 g/mol. The molecule has 0 aliphatic carbocycles. The number of imide groups is 1. The van der Waals surface area contributed by atoms with Gasteiger partial charge in [0.2, 0.25) is 5.91 Å². The van der Waals surface area contributed by atoms with Crippen molar-refractivity contribution >= 4 is 17.7 Å². The van der Waals surface area contributed by atoms with Crippen LogP contribution >= 0.6 is 0 Å². The number of carbonyl (C=O) groups is 3. The van der Waals surface area contributed by atoms with Crippen LogP contribution in [0.1, 0.15) is 39.9 Å². The van der Waals surface area contributed by atoms with E-state index in [0.29, 0.717) is 18.5 Å². The van der Waals surface area contributed by atoms with Crippen LogP contribution in [0.25, 0.3) is 0 Å². The first-order chi connectivity index (χ1) is 11.0. The van der Waals surface area contributed by atoms with Crippen LogP contribution in [0.5, 0.6) is 0 Å². The van der Waals surface area contributed by atoms with Crippen LogP contribution in [0, 0.1) is 0 Å². The predicted molar refractivity (Wildman–Crippen MR) is 77.9 cm³/mol. The van der Waals surface area contributed by atoms with Gasteiger partial charge in [0.15, 0.2) is 0 Å². The maximum atomic E-state index is 15.2. The summed E-state index contributed by atoms with van der Waals surface area (Å²) in [4.78, 5) is 37.0. The van der Waals surface area contributed by atoms with E-state index in [0.717, 1.165) is 28.1 Å². The van der Waals surface area contributed by atoms with E-state index < -0.39 is 23.5 Å². The van der Waals surface area contributed by atoms with Crippen molar-refractivity contribution in [2.75, 3.05) is 6.54 Å². The summed E-state index contributed by atoms with van der Waals surface area (Å²) >= 11 is 0. The van der Waals surface area contributed by atoms with Gasteiger partial charge in [-0.3, -0.25) is 24.6 Å². The number of nitrogens with one attached hydrogen (secondary N) is 2. The van der Waals surface area contributed by atoms with Gasteiger partial charge in [-0.25, -0.2) is 4.39 Å². The second kappa shape index (κ2) is 4.86. The van der Waals surface area contributed by atoms with Crippen molar-refractivity contribution in [2.45, 2.75) is 38.1 Å². The molecule has 0 spiro atoms. The molecular formula is C16H16FN3O3. The quantitative estimate of drug-likeness (QED) is 0.580. The normalized spacial score (nSPS) is 26.8. The summed E-state index contributed by atoms with van der Waals surface area (Å²) in [7, 11) is 0. The highest BCUT2D eigenvalue weighted by molar-refractivity contribution is 6.07. The Kier molecular flexibility index (Phi) is 3.02. The van der Waals surface area contributed by atoms with Gasteiger partial charge < -0.3 is 5.32 Å². The van der Waals surface area contributed by atoms with E-state index in [2.05, 4.69) is 5.32 Å². The molecule has 0 aromatic heterocycles. The zero-order chi connectivity index (χ0) is 16.2. The number of carbonyl (C=O) groups excluding carboxylic acids is 3. The highest BCUT2D eigenvalue weighted by Gasteiger charge is 2.53. The molecule has 3 aliphatic rings. The summed E-state index contributed by atoms with van der Waals surface area (Å²) < 4.78 is 15.2. The molecule has 23 heavy (non-hydrogen) atoms. The van der Waals surface area contributed by atoms with Gasteiger partial charge in [-0.05, 0) is 29.7 Å². The van der Waals surface area contributed by atoms with Crippen LogP contribution in [0.15, 0.2) is 12.1 Å². The summed E-state index contributed by atoms with van der Waals surface area (Å²) in [6.07, 6.45) is 0.313. The van der Waals surface area contributed by atoms with E-state index in [-0.39, 0.29) is 19.4 Å². The van der Waals surface area contributed by atoms with Crippen molar-refractivity contribution in [1.29, 1.82) is 0 Å². The van der Waals surface area contributed by atoms with Gasteiger partial charge >= 0.3 is 0 Å². The van der Waals surface area contributed by atoms with Crippen LogP contribution in [-0.4, -0.2) is 35.0 Å². The van der Waals surface area contributed by atoms with Gasteiger partial charge in [0.1, 0.15) is 0 Å². The molecule has 120 valence electrons. The number of nitrogens with zero attached hydrogens (tertiary/aromatic N) is 1. The lowest BCUT2D eigenvalue weighted by atomic mass is 9.93. The molecule has 0 bridgehead atoms. The molecule has 4 rings (SSSR count). The molecule has 0 radical (unpaired) electrons. The maximum absolute atomic E-state index is 15.2. The lowest BCUT2D eigenvalue weighted by Gasteiger charge is -2.35. The van der Waals surface area contributed by atoms with E-state index >= 15 is 4.39 Å². The Morgan fingerprint density at radius 3 is 2.70 bits per heavy atom. The molecule has 0 saturated carbocycles. The average Bonchev–Trinajstić information content (AvgIpc) is 2.89. The van der Waals surface area contributed by atoms with Crippen molar-refractivity contribution in [3.8, 4) is 0 Å². The molecule has 3 amide bonds. The summed E-state index contributed by atoms with van der Waals surface area (Å²) in [6.45, 7) is 1.52. The molecule has 1 aromatic carbocycles. The van der Waals surface area contributed by atoms with E-state index in [1.54, 1.807) is 0 Å². The molecule has 1 aromatic rings. The van der Waals surface area contributed by atoms with Crippen molar-refractivity contribution in [1.82, 2.24) is 15.5 Å². The predicted octanol–water partition coefficient (Wildman–Crippen LogP) is 0.390. The van der Waals surface area contributed by atoms with E-state index in [1.807, 2.05) is 17.4 Å². The van der Waals surface area contributed by atoms with Crippen LogP contribution < -0.4 is 10.6 Å². The zero-order valence-electron chi connectivity index (χ0n) is 12.4. The first-order valence-electron chi connectivity index (χ1n) is 7.70. The number of hydrogen-bond donors (Lipinski definition) is 2. The summed E-state index contributed by atoms with van der Waals surface area (Å²) in [5, 5.41) is 5.24. The SMILES string of the molecule is O=C1CCC(F)(N2Cc3ccc4c(c3C2=O)CCNC4)C(=O)N1. The Morgan fingerprint density at radius 1 is 1.13 bits per heavy atom. The Hall–Kier alpha value is -2.28. The van der Waals surface area contributed by atoms with Crippen LogP contribution in [0.2, 0.25) is 0 Å². The smallest absolute Gasteiger partial charge is 0.285 e. The monoisotopic (exact) mass is 317 g/mol. The Bertz CT molecular complexity index is 748. The van der Waals surface area contributed by atoms with E-state index in [1.165, 1.54) is 0 Å². The minimum Gasteiger partial charge on any atom is -0.312 e. The second-order valence-corrected chi connectivity index (χ2v) is 6.19. The third-order valence-corrected chi connectivity index (χ3v) is 4.86. The Morgan fingerprint density at radius 2 is 1.91 bits per heavy atom. The number of halogens is 1. The fourth-order valence-electron chi connectivity index (χ4n) is 3.62. The number of piperidine rings is 1. The maximum Gasteiger partial charge on any atom is 0.285 e. The number of amides is 3. The van der Waals surface area contributed by atoms with Crippen LogP contribution in [0.4, 0.5) is 4.39 Å². The fourth-order valence-corrected chi connectivity index (χ4v) is 3.62. The molecule has 1 atom stereocenters. The molecule has 3 heterocycles. The van der Waals surface area contributed by atoms with Crippen LogP contribution in [0.3, 0.4) is 0 Å². The summed E-state index contributed by atoms with van der Waals surface area (Å²) in [6, 6.07) is 3.78. The zero-order valence-corrected chi connectivity index (χ0v) is 12.4. The third kappa shape index (κ3) is 1.99. The van der Waals surface area contributed by atoms with Gasteiger partial charge in [0.05, 0.1) is 6.54 Å². The van der Waals surface area contributed by atoms with Gasteiger partial charge in [-0.2, -0.15) is 0 Å². The van der Waals surface area contributed by atoms with Crippen molar-refractivity contribution in [3.05, 3.63) is 34.4 Å². The molecule has 1 saturated heterocycles. The molecular weight excluding hydrogens is 301 g/mol. The Labute approximate surface area is 132 Å². The second-order valence-electron chi connectivity index (χ2n) is 6.19. The molecule has 1 fully saturated rings. The van der Waals surface area contributed by atoms with Gasteiger partial charge in [0, 0.05) is 24.9 Å². The van der Waals surface area contributed by atoms with Crippen molar-refractivity contribution in [2.24, 2.45) is 0 Å². The number of rotatable bonds is 1. The van der Waals surface area contributed by atoms with Gasteiger partial charge in [-0.1, -0.05) is 12.1 Å². The summed E-state index contributed by atoms with van der Waals surface area (Å²) in [5.74, 6) is -4.45. The van der Waals surface area contributed by atoms with Gasteiger partial charge in [-0.15, -0.1) is 0 Å².